The summed E-state index contributed by atoms with van der Waals surface area (Å²) in [4.78, 5) is 50.0. The number of hydrogen-bond donors (Lipinski definition) is 1. The van der Waals surface area contributed by atoms with E-state index in [1.54, 1.807) is 39.0 Å². The number of esters is 1. The van der Waals surface area contributed by atoms with Gasteiger partial charge in [0.05, 0.1) is 28.5 Å². The molecule has 1 aliphatic rings. The van der Waals surface area contributed by atoms with Crippen molar-refractivity contribution in [3.8, 4) is 0 Å². The highest BCUT2D eigenvalue weighted by Crippen LogP contribution is 2.31. The number of aromatic nitrogens is 3. The Morgan fingerprint density at radius 1 is 1.24 bits per heavy atom. The molecule has 5 rings (SSSR count). The van der Waals surface area contributed by atoms with Crippen molar-refractivity contribution < 1.29 is 18.3 Å². The first-order chi connectivity index (χ1) is 18.2. The molecule has 1 aliphatic heterocycles. The molecule has 0 unspecified atom stereocenters. The molecule has 0 bridgehead atoms. The first-order valence-electron chi connectivity index (χ1n) is 11.5. The van der Waals surface area contributed by atoms with E-state index in [4.69, 9.17) is 9.15 Å². The fourth-order valence-electron chi connectivity index (χ4n) is 4.04. The summed E-state index contributed by atoms with van der Waals surface area (Å²) in [5, 5.41) is 0.860. The molecule has 3 aromatic heterocycles. The Morgan fingerprint density at radius 2 is 2.00 bits per heavy atom. The molecule has 0 fully saturated rings. The molecule has 1 atom stereocenters. The molecule has 4 heterocycles. The SMILES string of the molecule is CCOC(=O)C1=C(C)N=c2s/c(=C/c3ccc(Sc4nc(C)cc(=O)[nH]4)o3)c(=O)n2[C@H]1c1ccc(F)cc1. The zero-order chi connectivity index (χ0) is 27.0. The molecule has 12 heteroatoms. The van der Waals surface area contributed by atoms with Crippen LogP contribution in [0.3, 0.4) is 0 Å². The van der Waals surface area contributed by atoms with Gasteiger partial charge in [0.1, 0.15) is 11.6 Å². The third kappa shape index (κ3) is 5.04. The van der Waals surface area contributed by atoms with Gasteiger partial charge >= 0.3 is 5.97 Å². The average molecular weight is 553 g/mol. The highest BCUT2D eigenvalue weighted by molar-refractivity contribution is 7.99. The summed E-state index contributed by atoms with van der Waals surface area (Å²) in [6.45, 7) is 5.25. The molecular formula is C26H21FN4O5S2. The van der Waals surface area contributed by atoms with Crippen LogP contribution in [-0.4, -0.2) is 27.1 Å². The van der Waals surface area contributed by atoms with E-state index in [1.165, 1.54) is 34.9 Å². The largest absolute Gasteiger partial charge is 0.463 e. The number of nitrogens with zero attached hydrogens (tertiary/aromatic N) is 3. The summed E-state index contributed by atoms with van der Waals surface area (Å²) in [7, 11) is 0. The van der Waals surface area contributed by atoms with Crippen molar-refractivity contribution in [3.63, 3.8) is 0 Å². The number of carbonyl (C=O) groups excluding carboxylic acids is 1. The van der Waals surface area contributed by atoms with Crippen LogP contribution < -0.4 is 20.5 Å². The number of aromatic amines is 1. The summed E-state index contributed by atoms with van der Waals surface area (Å²) >= 11 is 2.29. The maximum Gasteiger partial charge on any atom is 0.338 e. The lowest BCUT2D eigenvalue weighted by Crippen LogP contribution is -2.39. The van der Waals surface area contributed by atoms with Crippen LogP contribution >= 0.6 is 23.1 Å². The highest BCUT2D eigenvalue weighted by atomic mass is 32.2. The second-order valence-corrected chi connectivity index (χ2v) is 10.3. The molecule has 38 heavy (non-hydrogen) atoms. The van der Waals surface area contributed by atoms with Crippen LogP contribution in [0.5, 0.6) is 0 Å². The molecule has 194 valence electrons. The molecular weight excluding hydrogens is 531 g/mol. The summed E-state index contributed by atoms with van der Waals surface area (Å²) in [5.41, 5.74) is 1.12. The standard InChI is InChI=1S/C26H21FN4O5S2/c1-4-35-24(34)21-14(3)29-26-31(22(21)15-5-7-16(27)8-6-15)23(33)18(37-26)12-17-9-10-20(36-17)38-25-28-13(2)11-19(32)30-25/h5-12,22H,4H2,1-3H3,(H,28,30,32)/b18-12+/t22-/m0/s1. The quantitative estimate of drug-likeness (QED) is 0.288. The van der Waals surface area contributed by atoms with Crippen molar-refractivity contribution in [2.24, 2.45) is 4.99 Å². The van der Waals surface area contributed by atoms with Crippen LogP contribution in [0.2, 0.25) is 0 Å². The minimum absolute atomic E-state index is 0.154. The van der Waals surface area contributed by atoms with Crippen molar-refractivity contribution in [1.29, 1.82) is 0 Å². The van der Waals surface area contributed by atoms with Crippen LogP contribution in [0.1, 0.15) is 36.9 Å². The van der Waals surface area contributed by atoms with Gasteiger partial charge in [-0.05, 0) is 62.4 Å². The molecule has 0 saturated heterocycles. The van der Waals surface area contributed by atoms with Crippen molar-refractivity contribution in [1.82, 2.24) is 14.5 Å². The number of rotatable bonds is 6. The van der Waals surface area contributed by atoms with Gasteiger partial charge in [-0.15, -0.1) is 0 Å². The molecule has 1 N–H and O–H groups in total. The lowest BCUT2D eigenvalue weighted by Gasteiger charge is -2.24. The van der Waals surface area contributed by atoms with E-state index >= 15 is 0 Å². The van der Waals surface area contributed by atoms with Crippen LogP contribution in [-0.2, 0) is 9.53 Å². The molecule has 1 aromatic carbocycles. The van der Waals surface area contributed by atoms with Crippen molar-refractivity contribution in [2.75, 3.05) is 6.61 Å². The number of H-pyrrole nitrogens is 1. The molecule has 0 amide bonds. The molecule has 0 spiro atoms. The van der Waals surface area contributed by atoms with Gasteiger partial charge in [0.15, 0.2) is 15.1 Å². The minimum Gasteiger partial charge on any atom is -0.463 e. The first kappa shape index (κ1) is 25.6. The van der Waals surface area contributed by atoms with E-state index in [1.807, 2.05) is 0 Å². The zero-order valence-corrected chi connectivity index (χ0v) is 22.1. The Labute approximate surface area is 223 Å². The van der Waals surface area contributed by atoms with E-state index in [0.29, 0.717) is 42.3 Å². The Bertz CT molecular complexity index is 1820. The predicted molar refractivity (Wildman–Crippen MR) is 139 cm³/mol. The summed E-state index contributed by atoms with van der Waals surface area (Å²) in [5.74, 6) is -0.615. The summed E-state index contributed by atoms with van der Waals surface area (Å²) < 4.78 is 26.5. The fraction of sp³-hybridized carbons (Fsp3) is 0.192. The van der Waals surface area contributed by atoms with Gasteiger partial charge < -0.3 is 14.1 Å². The highest BCUT2D eigenvalue weighted by Gasteiger charge is 2.33. The third-order valence-corrected chi connectivity index (χ3v) is 7.41. The lowest BCUT2D eigenvalue weighted by atomic mass is 9.96. The number of halogens is 1. The van der Waals surface area contributed by atoms with E-state index in [2.05, 4.69) is 15.0 Å². The molecule has 0 radical (unpaired) electrons. The fourth-order valence-corrected chi connectivity index (χ4v) is 5.88. The van der Waals surface area contributed by atoms with E-state index in [0.717, 1.165) is 23.1 Å². The van der Waals surface area contributed by atoms with Gasteiger partial charge in [0, 0.05) is 17.8 Å². The first-order valence-corrected chi connectivity index (χ1v) is 13.2. The number of thiazole rings is 1. The molecule has 0 saturated carbocycles. The van der Waals surface area contributed by atoms with Crippen molar-refractivity contribution in [3.05, 3.63) is 107 Å². The van der Waals surface area contributed by atoms with Crippen LogP contribution in [0.25, 0.3) is 6.08 Å². The normalized spacial score (nSPS) is 15.4. The van der Waals surface area contributed by atoms with Crippen molar-refractivity contribution >= 4 is 35.1 Å². The lowest BCUT2D eigenvalue weighted by molar-refractivity contribution is -0.139. The smallest absolute Gasteiger partial charge is 0.338 e. The Morgan fingerprint density at radius 3 is 2.71 bits per heavy atom. The van der Waals surface area contributed by atoms with E-state index < -0.39 is 17.8 Å². The number of aryl methyl sites for hydroxylation is 1. The summed E-state index contributed by atoms with van der Waals surface area (Å²) in [6.07, 6.45) is 1.59. The van der Waals surface area contributed by atoms with Crippen molar-refractivity contribution in [2.45, 2.75) is 37.1 Å². The van der Waals surface area contributed by atoms with Crippen LogP contribution in [0.4, 0.5) is 4.39 Å². The van der Waals surface area contributed by atoms with Gasteiger partial charge in [-0.2, -0.15) is 0 Å². The third-order valence-electron chi connectivity index (χ3n) is 5.62. The van der Waals surface area contributed by atoms with Crippen LogP contribution in [0.15, 0.2) is 83.0 Å². The number of ether oxygens (including phenoxy) is 1. The second-order valence-electron chi connectivity index (χ2n) is 8.30. The van der Waals surface area contributed by atoms with Gasteiger partial charge in [0.2, 0.25) is 0 Å². The minimum atomic E-state index is -0.833. The number of carbonyl (C=O) groups is 1. The number of nitrogens with one attached hydrogen (secondary N) is 1. The van der Waals surface area contributed by atoms with Gasteiger partial charge in [0.25, 0.3) is 11.1 Å². The van der Waals surface area contributed by atoms with Gasteiger partial charge in [-0.25, -0.2) is 19.2 Å². The predicted octanol–water partition coefficient (Wildman–Crippen LogP) is 3.07. The monoisotopic (exact) mass is 552 g/mol. The zero-order valence-electron chi connectivity index (χ0n) is 20.5. The molecule has 0 aliphatic carbocycles. The molecule has 4 aromatic rings. The maximum atomic E-state index is 13.7. The Balaban J connectivity index is 1.57. The Kier molecular flexibility index (Phi) is 7.00. The van der Waals surface area contributed by atoms with Crippen LogP contribution in [0, 0.1) is 12.7 Å². The second kappa shape index (κ2) is 10.4. The Hall–Kier alpha value is -4.03. The number of allylic oxidation sites excluding steroid dienone is 1. The van der Waals surface area contributed by atoms with Gasteiger partial charge in [-0.1, -0.05) is 23.5 Å². The van der Waals surface area contributed by atoms with E-state index in [9.17, 15) is 18.8 Å². The number of benzene rings is 1. The van der Waals surface area contributed by atoms with Gasteiger partial charge in [-0.3, -0.25) is 14.2 Å². The number of fused-ring (bicyclic) bond motifs is 1. The van der Waals surface area contributed by atoms with E-state index in [-0.39, 0.29) is 23.3 Å². The molecule has 9 nitrogen and oxygen atoms in total. The maximum absolute atomic E-state index is 13.7. The topological polar surface area (TPSA) is 120 Å². The summed E-state index contributed by atoms with van der Waals surface area (Å²) in [6, 6.07) is 9.60. The average Bonchev–Trinajstić information content (AvgIpc) is 3.41. The number of hydrogen-bond acceptors (Lipinski definition) is 9. The number of furan rings is 1.